The lowest BCUT2D eigenvalue weighted by Gasteiger charge is -2.20. The SMILES string of the molecule is CCCN(CCO)c1ncc[nH]c1=O. The van der Waals surface area contributed by atoms with Crippen LogP contribution >= 0.6 is 0 Å². The third-order valence-electron chi connectivity index (χ3n) is 1.85. The van der Waals surface area contributed by atoms with Gasteiger partial charge in [0.2, 0.25) is 0 Å². The summed E-state index contributed by atoms with van der Waals surface area (Å²) < 4.78 is 0. The maximum atomic E-state index is 11.4. The quantitative estimate of drug-likeness (QED) is 0.696. The summed E-state index contributed by atoms with van der Waals surface area (Å²) in [5.41, 5.74) is -0.214. The van der Waals surface area contributed by atoms with Crippen LogP contribution in [0.25, 0.3) is 0 Å². The lowest BCUT2D eigenvalue weighted by atomic mass is 10.4. The molecule has 0 aromatic carbocycles. The third kappa shape index (κ3) is 2.56. The van der Waals surface area contributed by atoms with Crippen LogP contribution in [-0.2, 0) is 0 Å². The number of aromatic nitrogens is 2. The molecule has 5 nitrogen and oxygen atoms in total. The molecule has 5 heteroatoms. The Morgan fingerprint density at radius 2 is 2.36 bits per heavy atom. The summed E-state index contributed by atoms with van der Waals surface area (Å²) in [4.78, 5) is 19.7. The fraction of sp³-hybridized carbons (Fsp3) is 0.556. The zero-order valence-corrected chi connectivity index (χ0v) is 8.23. The number of anilines is 1. The number of aliphatic hydroxyl groups is 1. The smallest absolute Gasteiger partial charge is 0.290 e. The monoisotopic (exact) mass is 197 g/mol. The number of H-pyrrole nitrogens is 1. The van der Waals surface area contributed by atoms with Crippen LogP contribution in [0.15, 0.2) is 17.2 Å². The van der Waals surface area contributed by atoms with Crippen molar-refractivity contribution >= 4 is 5.82 Å². The van der Waals surface area contributed by atoms with Crippen LogP contribution in [-0.4, -0.2) is 34.8 Å². The average Bonchev–Trinajstić information content (AvgIpc) is 2.18. The molecular formula is C9H15N3O2. The van der Waals surface area contributed by atoms with Crippen LogP contribution in [0.5, 0.6) is 0 Å². The van der Waals surface area contributed by atoms with Crippen LogP contribution in [0, 0.1) is 0 Å². The number of hydrogen-bond acceptors (Lipinski definition) is 4. The van der Waals surface area contributed by atoms with Gasteiger partial charge in [-0.3, -0.25) is 4.79 Å². The molecule has 0 saturated carbocycles. The molecule has 2 N–H and O–H groups in total. The third-order valence-corrected chi connectivity index (χ3v) is 1.85. The number of aromatic amines is 1. The molecule has 1 rings (SSSR count). The minimum Gasteiger partial charge on any atom is -0.395 e. The van der Waals surface area contributed by atoms with E-state index in [1.807, 2.05) is 6.92 Å². The topological polar surface area (TPSA) is 69.2 Å². The number of rotatable bonds is 5. The van der Waals surface area contributed by atoms with Crippen molar-refractivity contribution in [3.63, 3.8) is 0 Å². The van der Waals surface area contributed by atoms with E-state index in [4.69, 9.17) is 5.11 Å². The van der Waals surface area contributed by atoms with Gasteiger partial charge in [-0.2, -0.15) is 0 Å². The minimum atomic E-state index is -0.214. The van der Waals surface area contributed by atoms with E-state index < -0.39 is 0 Å². The molecule has 1 heterocycles. The minimum absolute atomic E-state index is 0.0238. The predicted octanol–water partition coefficient (Wildman–Crippen LogP) is -0.0214. The zero-order valence-electron chi connectivity index (χ0n) is 8.23. The second kappa shape index (κ2) is 5.39. The van der Waals surface area contributed by atoms with Gasteiger partial charge in [0.25, 0.3) is 5.56 Å². The van der Waals surface area contributed by atoms with Gasteiger partial charge < -0.3 is 15.0 Å². The van der Waals surface area contributed by atoms with E-state index in [1.165, 1.54) is 12.4 Å². The second-order valence-electron chi connectivity index (χ2n) is 2.95. The first-order valence-electron chi connectivity index (χ1n) is 4.69. The van der Waals surface area contributed by atoms with Crippen molar-refractivity contribution in [1.29, 1.82) is 0 Å². The highest BCUT2D eigenvalue weighted by atomic mass is 16.3. The van der Waals surface area contributed by atoms with E-state index in [9.17, 15) is 4.79 Å². The molecule has 0 fully saturated rings. The Morgan fingerprint density at radius 3 is 2.93 bits per heavy atom. The number of hydrogen-bond donors (Lipinski definition) is 2. The van der Waals surface area contributed by atoms with Crippen molar-refractivity contribution in [3.05, 3.63) is 22.7 Å². The van der Waals surface area contributed by atoms with Crippen molar-refractivity contribution in [2.24, 2.45) is 0 Å². The Kier molecular flexibility index (Phi) is 4.12. The number of nitrogens with zero attached hydrogens (tertiary/aromatic N) is 2. The first-order chi connectivity index (χ1) is 6.79. The van der Waals surface area contributed by atoms with Crippen LogP contribution in [0.2, 0.25) is 0 Å². The summed E-state index contributed by atoms with van der Waals surface area (Å²) in [5, 5.41) is 8.83. The first kappa shape index (κ1) is 10.7. The second-order valence-corrected chi connectivity index (χ2v) is 2.95. The van der Waals surface area contributed by atoms with Crippen molar-refractivity contribution < 1.29 is 5.11 Å². The highest BCUT2D eigenvalue weighted by molar-refractivity contribution is 5.34. The van der Waals surface area contributed by atoms with E-state index in [0.29, 0.717) is 12.4 Å². The van der Waals surface area contributed by atoms with E-state index in [0.717, 1.165) is 13.0 Å². The van der Waals surface area contributed by atoms with Gasteiger partial charge in [-0.25, -0.2) is 4.98 Å². The lowest BCUT2D eigenvalue weighted by molar-refractivity contribution is 0.301. The maximum absolute atomic E-state index is 11.4. The molecule has 0 saturated heterocycles. The van der Waals surface area contributed by atoms with Gasteiger partial charge in [0.05, 0.1) is 6.61 Å². The summed E-state index contributed by atoms with van der Waals surface area (Å²) in [6, 6.07) is 0. The van der Waals surface area contributed by atoms with Crippen LogP contribution in [0.4, 0.5) is 5.82 Å². The molecule has 0 aliphatic rings. The predicted molar refractivity (Wildman–Crippen MR) is 54.4 cm³/mol. The summed E-state index contributed by atoms with van der Waals surface area (Å²) in [6.45, 7) is 3.20. The summed E-state index contributed by atoms with van der Waals surface area (Å²) >= 11 is 0. The molecule has 0 radical (unpaired) electrons. The van der Waals surface area contributed by atoms with Crippen molar-refractivity contribution in [2.45, 2.75) is 13.3 Å². The fourth-order valence-corrected chi connectivity index (χ4v) is 1.28. The molecule has 0 aliphatic heterocycles. The Bertz CT molecular complexity index is 318. The van der Waals surface area contributed by atoms with Crippen molar-refractivity contribution in [3.8, 4) is 0 Å². The van der Waals surface area contributed by atoms with Crippen LogP contribution in [0.3, 0.4) is 0 Å². The lowest BCUT2D eigenvalue weighted by Crippen LogP contribution is -2.33. The largest absolute Gasteiger partial charge is 0.395 e. The summed E-state index contributed by atoms with van der Waals surface area (Å²) in [6.07, 6.45) is 3.95. The maximum Gasteiger partial charge on any atom is 0.290 e. The zero-order chi connectivity index (χ0) is 10.4. The Balaban J connectivity index is 2.87. The molecule has 0 aliphatic carbocycles. The summed E-state index contributed by atoms with van der Waals surface area (Å²) in [5.74, 6) is 0.378. The van der Waals surface area contributed by atoms with E-state index >= 15 is 0 Å². The van der Waals surface area contributed by atoms with E-state index in [1.54, 1.807) is 4.90 Å². The van der Waals surface area contributed by atoms with E-state index in [-0.39, 0.29) is 12.2 Å². The molecular weight excluding hydrogens is 182 g/mol. The normalized spacial score (nSPS) is 10.1. The van der Waals surface area contributed by atoms with Gasteiger partial charge in [0.15, 0.2) is 5.82 Å². The Hall–Kier alpha value is -1.36. The fourth-order valence-electron chi connectivity index (χ4n) is 1.28. The number of nitrogens with one attached hydrogen (secondary N) is 1. The molecule has 1 aromatic heterocycles. The highest BCUT2D eigenvalue weighted by Crippen LogP contribution is 2.02. The molecule has 1 aromatic rings. The molecule has 78 valence electrons. The molecule has 0 spiro atoms. The summed E-state index contributed by atoms with van der Waals surface area (Å²) in [7, 11) is 0. The average molecular weight is 197 g/mol. The Morgan fingerprint density at radius 1 is 1.57 bits per heavy atom. The van der Waals surface area contributed by atoms with Gasteiger partial charge in [0.1, 0.15) is 0 Å². The number of aliphatic hydroxyl groups excluding tert-OH is 1. The molecule has 0 bridgehead atoms. The first-order valence-corrected chi connectivity index (χ1v) is 4.69. The molecule has 0 atom stereocenters. The van der Waals surface area contributed by atoms with Crippen molar-refractivity contribution in [2.75, 3.05) is 24.6 Å². The molecule has 14 heavy (non-hydrogen) atoms. The van der Waals surface area contributed by atoms with E-state index in [2.05, 4.69) is 9.97 Å². The highest BCUT2D eigenvalue weighted by Gasteiger charge is 2.09. The van der Waals surface area contributed by atoms with Crippen LogP contribution < -0.4 is 10.5 Å². The van der Waals surface area contributed by atoms with Gasteiger partial charge in [-0.15, -0.1) is 0 Å². The van der Waals surface area contributed by atoms with Crippen LogP contribution in [0.1, 0.15) is 13.3 Å². The van der Waals surface area contributed by atoms with Crippen molar-refractivity contribution in [1.82, 2.24) is 9.97 Å². The Labute approximate surface area is 82.4 Å². The molecule has 0 unspecified atom stereocenters. The van der Waals surface area contributed by atoms with Gasteiger partial charge in [-0.05, 0) is 6.42 Å². The standard InChI is InChI=1S/C9H15N3O2/c1-2-5-12(6-7-13)8-9(14)11-4-3-10-8/h3-4,13H,2,5-7H2,1H3,(H,11,14). The van der Waals surface area contributed by atoms with Gasteiger partial charge in [-0.1, -0.05) is 6.92 Å². The van der Waals surface area contributed by atoms with Gasteiger partial charge in [0, 0.05) is 25.5 Å². The van der Waals surface area contributed by atoms with Gasteiger partial charge >= 0.3 is 0 Å². The molecule has 0 amide bonds.